The highest BCUT2D eigenvalue weighted by atomic mass is 19.4. The monoisotopic (exact) mass is 295 g/mol. The van der Waals surface area contributed by atoms with Gasteiger partial charge in [0.05, 0.1) is 6.54 Å². The first-order chi connectivity index (χ1) is 9.46. The van der Waals surface area contributed by atoms with Crippen molar-refractivity contribution >= 4 is 0 Å². The molecule has 120 valence electrons. The summed E-state index contributed by atoms with van der Waals surface area (Å²) >= 11 is 0. The van der Waals surface area contributed by atoms with E-state index >= 15 is 0 Å². The molecule has 0 spiro atoms. The van der Waals surface area contributed by atoms with Crippen LogP contribution in [0.25, 0.3) is 0 Å². The summed E-state index contributed by atoms with van der Waals surface area (Å²) in [4.78, 5) is 3.75. The lowest BCUT2D eigenvalue weighted by atomic mass is 10.1. The van der Waals surface area contributed by atoms with E-state index in [1.165, 1.54) is 30.6 Å². The number of piperazine rings is 1. The molecule has 2 N–H and O–H groups in total. The van der Waals surface area contributed by atoms with Crippen molar-refractivity contribution in [2.45, 2.75) is 51.2 Å². The molecule has 0 amide bonds. The summed E-state index contributed by atoms with van der Waals surface area (Å²) in [5, 5.41) is 0. The first-order valence-corrected chi connectivity index (χ1v) is 7.69. The van der Waals surface area contributed by atoms with E-state index in [4.69, 9.17) is 5.73 Å². The molecule has 0 aliphatic carbocycles. The topological polar surface area (TPSA) is 32.5 Å². The van der Waals surface area contributed by atoms with Crippen LogP contribution in [0.15, 0.2) is 0 Å². The zero-order valence-electron chi connectivity index (χ0n) is 12.5. The molecule has 1 heterocycles. The highest BCUT2D eigenvalue weighted by Gasteiger charge is 2.32. The molecular weight excluding hydrogens is 267 g/mol. The maximum absolute atomic E-state index is 12.3. The summed E-state index contributed by atoms with van der Waals surface area (Å²) in [6.45, 7) is 4.38. The Morgan fingerprint density at radius 3 is 2.20 bits per heavy atom. The summed E-state index contributed by atoms with van der Waals surface area (Å²) in [6.07, 6.45) is 1.82. The Hall–Kier alpha value is -0.330. The minimum absolute atomic E-state index is 0.333. The molecule has 1 saturated heterocycles. The van der Waals surface area contributed by atoms with Gasteiger partial charge in [-0.2, -0.15) is 13.2 Å². The first kappa shape index (κ1) is 17.7. The van der Waals surface area contributed by atoms with Gasteiger partial charge in [0.25, 0.3) is 0 Å². The summed E-state index contributed by atoms with van der Waals surface area (Å²) in [5.41, 5.74) is 5.82. The van der Waals surface area contributed by atoms with E-state index < -0.39 is 12.7 Å². The third-order valence-corrected chi connectivity index (χ3v) is 3.99. The molecule has 0 saturated carbocycles. The van der Waals surface area contributed by atoms with Crippen molar-refractivity contribution in [1.82, 2.24) is 9.80 Å². The molecule has 0 aromatic rings. The summed E-state index contributed by atoms with van der Waals surface area (Å²) < 4.78 is 37.0. The van der Waals surface area contributed by atoms with Crippen LogP contribution in [0.2, 0.25) is 0 Å². The quantitative estimate of drug-likeness (QED) is 0.698. The summed E-state index contributed by atoms with van der Waals surface area (Å²) in [7, 11) is 0. The third-order valence-electron chi connectivity index (χ3n) is 3.99. The Kier molecular flexibility index (Phi) is 7.84. The maximum Gasteiger partial charge on any atom is 0.401 e. The van der Waals surface area contributed by atoms with Crippen LogP contribution in [-0.4, -0.2) is 61.3 Å². The van der Waals surface area contributed by atoms with Gasteiger partial charge < -0.3 is 5.73 Å². The lowest BCUT2D eigenvalue weighted by Gasteiger charge is -2.39. The van der Waals surface area contributed by atoms with E-state index in [1.807, 2.05) is 0 Å². The molecule has 6 heteroatoms. The second kappa shape index (κ2) is 8.85. The van der Waals surface area contributed by atoms with Gasteiger partial charge in [-0.3, -0.25) is 9.80 Å². The minimum Gasteiger partial charge on any atom is -0.329 e. The minimum atomic E-state index is -4.09. The van der Waals surface area contributed by atoms with E-state index in [0.29, 0.717) is 38.8 Å². The Morgan fingerprint density at radius 1 is 1.05 bits per heavy atom. The van der Waals surface area contributed by atoms with Crippen LogP contribution in [0.3, 0.4) is 0 Å². The second-order valence-electron chi connectivity index (χ2n) is 5.67. The van der Waals surface area contributed by atoms with E-state index in [2.05, 4.69) is 11.8 Å². The zero-order chi connectivity index (χ0) is 15.0. The fourth-order valence-electron chi connectivity index (χ4n) is 2.80. The Balaban J connectivity index is 2.27. The number of nitrogens with two attached hydrogens (primary N) is 1. The van der Waals surface area contributed by atoms with Crippen molar-refractivity contribution in [3.63, 3.8) is 0 Å². The molecule has 1 aliphatic heterocycles. The van der Waals surface area contributed by atoms with Crippen LogP contribution >= 0.6 is 0 Å². The molecule has 1 aliphatic rings. The molecule has 3 nitrogen and oxygen atoms in total. The van der Waals surface area contributed by atoms with Crippen molar-refractivity contribution in [3.8, 4) is 0 Å². The Labute approximate surface area is 120 Å². The van der Waals surface area contributed by atoms with Gasteiger partial charge in [-0.25, -0.2) is 0 Å². The highest BCUT2D eigenvalue weighted by Crippen LogP contribution is 2.19. The second-order valence-corrected chi connectivity index (χ2v) is 5.67. The lowest BCUT2D eigenvalue weighted by molar-refractivity contribution is -0.149. The van der Waals surface area contributed by atoms with Crippen LogP contribution < -0.4 is 5.73 Å². The molecule has 0 radical (unpaired) electrons. The van der Waals surface area contributed by atoms with Gasteiger partial charge in [0.1, 0.15) is 0 Å². The van der Waals surface area contributed by atoms with Crippen LogP contribution in [0.1, 0.15) is 39.0 Å². The summed E-state index contributed by atoms with van der Waals surface area (Å²) in [5.74, 6) is 0. The van der Waals surface area contributed by atoms with Crippen molar-refractivity contribution in [1.29, 1.82) is 0 Å². The molecule has 1 fully saturated rings. The van der Waals surface area contributed by atoms with Gasteiger partial charge >= 0.3 is 6.18 Å². The van der Waals surface area contributed by atoms with E-state index in [0.717, 1.165) is 6.42 Å². The average Bonchev–Trinajstić information content (AvgIpc) is 2.38. The summed E-state index contributed by atoms with van der Waals surface area (Å²) in [6, 6.07) is 0.333. The number of alkyl halides is 3. The molecule has 1 atom stereocenters. The van der Waals surface area contributed by atoms with Gasteiger partial charge in [0.2, 0.25) is 0 Å². The van der Waals surface area contributed by atoms with Crippen molar-refractivity contribution in [2.24, 2.45) is 5.73 Å². The smallest absolute Gasteiger partial charge is 0.329 e. The van der Waals surface area contributed by atoms with Crippen molar-refractivity contribution in [2.75, 3.05) is 39.3 Å². The highest BCUT2D eigenvalue weighted by molar-refractivity contribution is 4.80. The molecule has 0 bridgehead atoms. The van der Waals surface area contributed by atoms with Gasteiger partial charge in [-0.15, -0.1) is 0 Å². The largest absolute Gasteiger partial charge is 0.401 e. The molecule has 1 rings (SSSR count). The number of nitrogens with zero attached hydrogens (tertiary/aromatic N) is 2. The SMILES string of the molecule is CCCCCCC(CN)N1CCN(CC(F)(F)F)CC1. The normalized spacial score (nSPS) is 20.2. The van der Waals surface area contributed by atoms with Crippen molar-refractivity contribution < 1.29 is 13.2 Å². The number of hydrogen-bond donors (Lipinski definition) is 1. The zero-order valence-corrected chi connectivity index (χ0v) is 12.5. The van der Waals surface area contributed by atoms with Gasteiger partial charge in [-0.1, -0.05) is 32.6 Å². The fraction of sp³-hybridized carbons (Fsp3) is 1.00. The van der Waals surface area contributed by atoms with Gasteiger partial charge in [0.15, 0.2) is 0 Å². The van der Waals surface area contributed by atoms with Crippen molar-refractivity contribution in [3.05, 3.63) is 0 Å². The van der Waals surface area contributed by atoms with Gasteiger partial charge in [0, 0.05) is 38.8 Å². The Morgan fingerprint density at radius 2 is 1.70 bits per heavy atom. The predicted octanol–water partition coefficient (Wildman–Crippen LogP) is 2.46. The number of hydrogen-bond acceptors (Lipinski definition) is 3. The third kappa shape index (κ3) is 6.90. The molecule has 1 unspecified atom stereocenters. The number of halogens is 3. The van der Waals surface area contributed by atoms with E-state index in [1.54, 1.807) is 0 Å². The molecule has 0 aromatic heterocycles. The first-order valence-electron chi connectivity index (χ1n) is 7.69. The lowest BCUT2D eigenvalue weighted by Crippen LogP contribution is -2.53. The van der Waals surface area contributed by atoms with Crippen LogP contribution in [0.4, 0.5) is 13.2 Å². The molecule has 0 aromatic carbocycles. The van der Waals surface area contributed by atoms with E-state index in [-0.39, 0.29) is 0 Å². The van der Waals surface area contributed by atoms with E-state index in [9.17, 15) is 13.2 Å². The standard InChI is InChI=1S/C14H28F3N3/c1-2-3-4-5-6-13(11-18)20-9-7-19(8-10-20)12-14(15,16)17/h13H,2-12,18H2,1H3. The van der Waals surface area contributed by atoms with Crippen LogP contribution in [0.5, 0.6) is 0 Å². The van der Waals surface area contributed by atoms with Gasteiger partial charge in [-0.05, 0) is 6.42 Å². The number of rotatable bonds is 8. The average molecular weight is 295 g/mol. The number of unbranched alkanes of at least 4 members (excludes halogenated alkanes) is 3. The maximum atomic E-state index is 12.3. The Bertz CT molecular complexity index is 251. The predicted molar refractivity (Wildman–Crippen MR) is 75.7 cm³/mol. The van der Waals surface area contributed by atoms with Crippen LogP contribution in [0, 0.1) is 0 Å². The molecule has 20 heavy (non-hydrogen) atoms. The fourth-order valence-corrected chi connectivity index (χ4v) is 2.80. The molecular formula is C14H28F3N3. The van der Waals surface area contributed by atoms with Crippen LogP contribution in [-0.2, 0) is 0 Å².